The van der Waals surface area contributed by atoms with Gasteiger partial charge in [0.25, 0.3) is 0 Å². The number of likely N-dealkylation sites (tertiary alicyclic amines) is 1. The van der Waals surface area contributed by atoms with E-state index in [4.69, 9.17) is 0 Å². The molecule has 0 radical (unpaired) electrons. The molecule has 0 N–H and O–H groups in total. The Bertz CT molecular complexity index is 224. The summed E-state index contributed by atoms with van der Waals surface area (Å²) in [5, 5.41) is 0. The molecule has 0 spiro atoms. The van der Waals surface area contributed by atoms with Gasteiger partial charge in [-0.2, -0.15) is 0 Å². The zero-order chi connectivity index (χ0) is 12.7. The van der Waals surface area contributed by atoms with Gasteiger partial charge >= 0.3 is 0 Å². The molecule has 1 aliphatic heterocycles. The fraction of sp³-hybridized carbons (Fsp3) is 0.929. The van der Waals surface area contributed by atoms with Crippen LogP contribution >= 0.6 is 0 Å². The van der Waals surface area contributed by atoms with Crippen molar-refractivity contribution in [3.63, 3.8) is 0 Å². The molecule has 1 rings (SSSR count). The maximum Gasteiger partial charge on any atom is 0.239 e. The molecular formula is C14H28N2O. The number of amides is 1. The van der Waals surface area contributed by atoms with E-state index in [1.54, 1.807) is 0 Å². The first-order valence-corrected chi connectivity index (χ1v) is 7.19. The van der Waals surface area contributed by atoms with Crippen molar-refractivity contribution in [2.75, 3.05) is 26.7 Å². The Morgan fingerprint density at radius 3 is 2.41 bits per heavy atom. The molecule has 0 aromatic rings. The van der Waals surface area contributed by atoms with Gasteiger partial charge in [-0.1, -0.05) is 26.7 Å². The molecule has 1 unspecified atom stereocenters. The second kappa shape index (κ2) is 7.70. The highest BCUT2D eigenvalue weighted by Gasteiger charge is 2.27. The molecule has 3 nitrogen and oxygen atoms in total. The Labute approximate surface area is 106 Å². The zero-order valence-electron chi connectivity index (χ0n) is 11.7. The van der Waals surface area contributed by atoms with Gasteiger partial charge in [-0.15, -0.1) is 0 Å². The smallest absolute Gasteiger partial charge is 0.239 e. The summed E-state index contributed by atoms with van der Waals surface area (Å²) in [5.74, 6) is 0.322. The van der Waals surface area contributed by atoms with Crippen molar-refractivity contribution in [2.24, 2.45) is 0 Å². The Morgan fingerprint density at radius 1 is 1.24 bits per heavy atom. The molecule has 100 valence electrons. The van der Waals surface area contributed by atoms with E-state index in [2.05, 4.69) is 18.7 Å². The summed E-state index contributed by atoms with van der Waals surface area (Å²) in [7, 11) is 1.95. The maximum atomic E-state index is 12.4. The van der Waals surface area contributed by atoms with E-state index in [1.165, 1.54) is 19.3 Å². The largest absolute Gasteiger partial charge is 0.344 e. The first-order chi connectivity index (χ1) is 8.20. The lowest BCUT2D eigenvalue weighted by atomic mass is 10.1. The lowest BCUT2D eigenvalue weighted by molar-refractivity contribution is -0.136. The van der Waals surface area contributed by atoms with E-state index >= 15 is 0 Å². The highest BCUT2D eigenvalue weighted by Crippen LogP contribution is 2.16. The number of hydrogen-bond acceptors (Lipinski definition) is 2. The molecule has 0 bridgehead atoms. The van der Waals surface area contributed by atoms with Gasteiger partial charge in [-0.25, -0.2) is 0 Å². The van der Waals surface area contributed by atoms with Gasteiger partial charge in [-0.05, 0) is 38.8 Å². The van der Waals surface area contributed by atoms with Crippen molar-refractivity contribution in [3.05, 3.63) is 0 Å². The van der Waals surface area contributed by atoms with Gasteiger partial charge in [0.15, 0.2) is 0 Å². The predicted octanol–water partition coefficient (Wildman–Crippen LogP) is 2.51. The maximum absolute atomic E-state index is 12.4. The molecule has 0 saturated carbocycles. The van der Waals surface area contributed by atoms with Crippen LogP contribution in [-0.2, 0) is 4.79 Å². The van der Waals surface area contributed by atoms with Crippen molar-refractivity contribution >= 4 is 5.91 Å². The van der Waals surface area contributed by atoms with Gasteiger partial charge in [0.2, 0.25) is 5.91 Å². The van der Waals surface area contributed by atoms with Crippen molar-refractivity contribution in [1.29, 1.82) is 0 Å². The minimum Gasteiger partial charge on any atom is -0.344 e. The molecule has 17 heavy (non-hydrogen) atoms. The average Bonchev–Trinajstić information content (AvgIpc) is 2.38. The van der Waals surface area contributed by atoms with Gasteiger partial charge < -0.3 is 4.90 Å². The lowest BCUT2D eigenvalue weighted by Gasteiger charge is -2.35. The first kappa shape index (κ1) is 14.5. The molecule has 1 aliphatic rings. The second-order valence-corrected chi connectivity index (χ2v) is 5.13. The highest BCUT2D eigenvalue weighted by atomic mass is 16.2. The SMILES string of the molecule is CCCCN(C)C(=O)C(CC)N1CCCCC1. The number of nitrogens with zero attached hydrogens (tertiary/aromatic N) is 2. The molecule has 1 atom stereocenters. The summed E-state index contributed by atoms with van der Waals surface area (Å²) in [6.45, 7) is 7.41. The summed E-state index contributed by atoms with van der Waals surface area (Å²) in [6.07, 6.45) is 7.03. The van der Waals surface area contributed by atoms with Crippen molar-refractivity contribution in [2.45, 2.75) is 58.4 Å². The third-order valence-electron chi connectivity index (χ3n) is 3.73. The molecule has 0 aliphatic carbocycles. The van der Waals surface area contributed by atoms with E-state index in [-0.39, 0.29) is 6.04 Å². The van der Waals surface area contributed by atoms with Crippen LogP contribution in [0, 0.1) is 0 Å². The van der Waals surface area contributed by atoms with Crippen LogP contribution in [0.15, 0.2) is 0 Å². The van der Waals surface area contributed by atoms with E-state index in [0.717, 1.165) is 38.9 Å². The molecule has 1 heterocycles. The molecule has 3 heteroatoms. The quantitative estimate of drug-likeness (QED) is 0.712. The molecule has 1 saturated heterocycles. The van der Waals surface area contributed by atoms with Gasteiger partial charge in [0.1, 0.15) is 0 Å². The van der Waals surface area contributed by atoms with Gasteiger partial charge in [-0.3, -0.25) is 9.69 Å². The molecular weight excluding hydrogens is 212 g/mol. The van der Waals surface area contributed by atoms with Crippen LogP contribution in [0.2, 0.25) is 0 Å². The summed E-state index contributed by atoms with van der Waals surface area (Å²) in [4.78, 5) is 16.7. The number of carbonyl (C=O) groups excluding carboxylic acids is 1. The Balaban J connectivity index is 2.49. The van der Waals surface area contributed by atoms with Crippen LogP contribution in [0.1, 0.15) is 52.4 Å². The first-order valence-electron chi connectivity index (χ1n) is 7.19. The minimum absolute atomic E-state index is 0.122. The van der Waals surface area contributed by atoms with Crippen molar-refractivity contribution in [1.82, 2.24) is 9.80 Å². The van der Waals surface area contributed by atoms with E-state index in [1.807, 2.05) is 11.9 Å². The van der Waals surface area contributed by atoms with Crippen LogP contribution < -0.4 is 0 Å². The summed E-state index contributed by atoms with van der Waals surface area (Å²) >= 11 is 0. The van der Waals surface area contributed by atoms with Crippen LogP contribution in [-0.4, -0.2) is 48.4 Å². The van der Waals surface area contributed by atoms with Crippen molar-refractivity contribution in [3.8, 4) is 0 Å². The number of piperidine rings is 1. The molecule has 1 fully saturated rings. The Morgan fingerprint density at radius 2 is 1.88 bits per heavy atom. The highest BCUT2D eigenvalue weighted by molar-refractivity contribution is 5.81. The monoisotopic (exact) mass is 240 g/mol. The number of rotatable bonds is 6. The van der Waals surface area contributed by atoms with Crippen LogP contribution in [0.5, 0.6) is 0 Å². The van der Waals surface area contributed by atoms with E-state index < -0.39 is 0 Å². The fourth-order valence-electron chi connectivity index (χ4n) is 2.58. The third-order valence-corrected chi connectivity index (χ3v) is 3.73. The predicted molar refractivity (Wildman–Crippen MR) is 72.0 cm³/mol. The Kier molecular flexibility index (Phi) is 6.56. The van der Waals surface area contributed by atoms with Gasteiger partial charge in [0.05, 0.1) is 6.04 Å². The summed E-state index contributed by atoms with van der Waals surface area (Å²) < 4.78 is 0. The second-order valence-electron chi connectivity index (χ2n) is 5.13. The molecule has 0 aromatic carbocycles. The van der Waals surface area contributed by atoms with Crippen LogP contribution in [0.4, 0.5) is 0 Å². The normalized spacial score (nSPS) is 19.0. The topological polar surface area (TPSA) is 23.6 Å². The molecule has 1 amide bonds. The number of unbranched alkanes of at least 4 members (excludes halogenated alkanes) is 1. The summed E-state index contributed by atoms with van der Waals surface area (Å²) in [5.41, 5.74) is 0. The average molecular weight is 240 g/mol. The molecule has 0 aromatic heterocycles. The summed E-state index contributed by atoms with van der Waals surface area (Å²) in [6, 6.07) is 0.122. The van der Waals surface area contributed by atoms with E-state index in [9.17, 15) is 4.79 Å². The lowest BCUT2D eigenvalue weighted by Crippen LogP contribution is -2.49. The Hall–Kier alpha value is -0.570. The van der Waals surface area contributed by atoms with Crippen molar-refractivity contribution < 1.29 is 4.79 Å². The standard InChI is InChI=1S/C14H28N2O/c1-4-6-10-15(3)14(17)13(5-2)16-11-8-7-9-12-16/h13H,4-12H2,1-3H3. The number of carbonyl (C=O) groups is 1. The third kappa shape index (κ3) is 4.30. The minimum atomic E-state index is 0.122. The van der Waals surface area contributed by atoms with E-state index in [0.29, 0.717) is 5.91 Å². The zero-order valence-corrected chi connectivity index (χ0v) is 11.7. The van der Waals surface area contributed by atoms with Crippen LogP contribution in [0.25, 0.3) is 0 Å². The fourth-order valence-corrected chi connectivity index (χ4v) is 2.58. The van der Waals surface area contributed by atoms with Crippen LogP contribution in [0.3, 0.4) is 0 Å². The number of hydrogen-bond donors (Lipinski definition) is 0. The number of likely N-dealkylation sites (N-methyl/N-ethyl adjacent to an activating group) is 1. The van der Waals surface area contributed by atoms with Gasteiger partial charge in [0, 0.05) is 13.6 Å².